The molecule has 128 valence electrons. The van der Waals surface area contributed by atoms with Gasteiger partial charge in [-0.15, -0.1) is 0 Å². The molecule has 3 aromatic rings. The van der Waals surface area contributed by atoms with Gasteiger partial charge in [0, 0.05) is 16.5 Å². The molecule has 3 rings (SSSR count). The van der Waals surface area contributed by atoms with Gasteiger partial charge in [-0.2, -0.15) is 0 Å². The van der Waals surface area contributed by atoms with Crippen LogP contribution in [0.15, 0.2) is 47.1 Å². The monoisotopic (exact) mass is 336 g/mol. The minimum atomic E-state index is -0.350. The van der Waals surface area contributed by atoms with Crippen molar-refractivity contribution in [1.29, 1.82) is 0 Å². The van der Waals surface area contributed by atoms with E-state index in [9.17, 15) is 9.59 Å². The number of aryl methyl sites for hydroxylation is 3. The number of rotatable bonds is 3. The van der Waals surface area contributed by atoms with Gasteiger partial charge in [0.05, 0.1) is 12.7 Å². The van der Waals surface area contributed by atoms with Crippen molar-refractivity contribution in [1.82, 2.24) is 10.9 Å². The molecule has 1 aromatic heterocycles. The van der Waals surface area contributed by atoms with E-state index < -0.39 is 0 Å². The fourth-order valence-electron chi connectivity index (χ4n) is 2.65. The van der Waals surface area contributed by atoms with E-state index in [1.807, 2.05) is 45.0 Å². The van der Waals surface area contributed by atoms with Crippen LogP contribution in [0.25, 0.3) is 11.0 Å². The highest BCUT2D eigenvalue weighted by Crippen LogP contribution is 2.26. The number of amides is 2. The number of hydrogen-bond donors (Lipinski definition) is 2. The Hall–Kier alpha value is -3.08. The highest BCUT2D eigenvalue weighted by molar-refractivity contribution is 5.96. The van der Waals surface area contributed by atoms with Crippen molar-refractivity contribution in [3.05, 3.63) is 70.5 Å². The van der Waals surface area contributed by atoms with Crippen molar-refractivity contribution in [3.8, 4) is 0 Å². The fraction of sp³-hybridized carbons (Fsp3) is 0.200. The summed E-state index contributed by atoms with van der Waals surface area (Å²) in [6.45, 7) is 5.96. The zero-order valence-corrected chi connectivity index (χ0v) is 14.5. The molecular formula is C20H20N2O3. The summed E-state index contributed by atoms with van der Waals surface area (Å²) < 4.78 is 5.60. The quantitative estimate of drug-likeness (QED) is 0.721. The lowest BCUT2D eigenvalue weighted by atomic mass is 10.0. The summed E-state index contributed by atoms with van der Waals surface area (Å²) >= 11 is 0. The third-order valence-electron chi connectivity index (χ3n) is 4.32. The first-order valence-corrected chi connectivity index (χ1v) is 8.08. The Labute approximate surface area is 146 Å². The van der Waals surface area contributed by atoms with Crippen molar-refractivity contribution in [2.24, 2.45) is 0 Å². The van der Waals surface area contributed by atoms with Gasteiger partial charge in [0.2, 0.25) is 5.91 Å². The second-order valence-electron chi connectivity index (χ2n) is 6.19. The molecule has 5 nitrogen and oxygen atoms in total. The largest absolute Gasteiger partial charge is 0.464 e. The van der Waals surface area contributed by atoms with Gasteiger partial charge in [-0.1, -0.05) is 29.8 Å². The molecule has 0 saturated carbocycles. The predicted molar refractivity (Wildman–Crippen MR) is 96.2 cm³/mol. The number of furan rings is 1. The SMILES string of the molecule is Cc1ccc(C(=O)NNC(=O)Cc2coc3c(C)c(C)ccc23)cc1. The molecule has 0 aliphatic carbocycles. The van der Waals surface area contributed by atoms with E-state index >= 15 is 0 Å². The maximum atomic E-state index is 12.1. The maximum Gasteiger partial charge on any atom is 0.269 e. The Balaban J connectivity index is 1.64. The van der Waals surface area contributed by atoms with E-state index in [4.69, 9.17) is 4.42 Å². The molecule has 0 spiro atoms. The first-order chi connectivity index (χ1) is 12.0. The minimum Gasteiger partial charge on any atom is -0.464 e. The molecular weight excluding hydrogens is 316 g/mol. The average Bonchev–Trinajstić information content (AvgIpc) is 3.00. The van der Waals surface area contributed by atoms with E-state index in [-0.39, 0.29) is 18.2 Å². The first kappa shape index (κ1) is 16.8. The third-order valence-corrected chi connectivity index (χ3v) is 4.32. The van der Waals surface area contributed by atoms with Crippen LogP contribution in [0.5, 0.6) is 0 Å². The van der Waals surface area contributed by atoms with Crippen molar-refractivity contribution < 1.29 is 14.0 Å². The van der Waals surface area contributed by atoms with Gasteiger partial charge in [0.25, 0.3) is 5.91 Å². The Bertz CT molecular complexity index is 939. The average molecular weight is 336 g/mol. The second-order valence-corrected chi connectivity index (χ2v) is 6.19. The van der Waals surface area contributed by atoms with Crippen LogP contribution in [0, 0.1) is 20.8 Å². The molecule has 0 unspecified atom stereocenters. The summed E-state index contributed by atoms with van der Waals surface area (Å²) in [6.07, 6.45) is 1.72. The number of nitrogens with one attached hydrogen (secondary N) is 2. The standard InChI is InChI=1S/C20H20N2O3/c1-12-4-7-15(8-5-12)20(24)22-21-18(23)10-16-11-25-19-14(3)13(2)6-9-17(16)19/h4-9,11H,10H2,1-3H3,(H,21,23)(H,22,24). The molecule has 2 aromatic carbocycles. The van der Waals surface area contributed by atoms with Crippen LogP contribution >= 0.6 is 0 Å². The lowest BCUT2D eigenvalue weighted by Crippen LogP contribution is -2.42. The molecule has 0 fully saturated rings. The van der Waals surface area contributed by atoms with Crippen LogP contribution in [0.3, 0.4) is 0 Å². The van der Waals surface area contributed by atoms with Crippen LogP contribution in [-0.2, 0) is 11.2 Å². The van der Waals surface area contributed by atoms with E-state index in [0.29, 0.717) is 5.56 Å². The van der Waals surface area contributed by atoms with Crippen molar-refractivity contribution in [3.63, 3.8) is 0 Å². The molecule has 5 heteroatoms. The van der Waals surface area contributed by atoms with Crippen LogP contribution in [0.1, 0.15) is 32.6 Å². The summed E-state index contributed by atoms with van der Waals surface area (Å²) in [5.41, 5.74) is 10.2. The molecule has 0 bridgehead atoms. The van der Waals surface area contributed by atoms with Gasteiger partial charge in [-0.05, 0) is 44.0 Å². The third kappa shape index (κ3) is 3.55. The lowest BCUT2D eigenvalue weighted by molar-refractivity contribution is -0.121. The van der Waals surface area contributed by atoms with Crippen LogP contribution in [0.2, 0.25) is 0 Å². The van der Waals surface area contributed by atoms with Crippen molar-refractivity contribution in [2.45, 2.75) is 27.2 Å². The number of carbonyl (C=O) groups excluding carboxylic acids is 2. The molecule has 0 saturated heterocycles. The number of carbonyl (C=O) groups is 2. The van der Waals surface area contributed by atoms with Gasteiger partial charge >= 0.3 is 0 Å². The normalized spacial score (nSPS) is 10.7. The summed E-state index contributed by atoms with van der Waals surface area (Å²) in [5, 5.41) is 0.920. The Morgan fingerprint density at radius 2 is 1.68 bits per heavy atom. The van der Waals surface area contributed by atoms with Crippen LogP contribution in [0.4, 0.5) is 0 Å². The van der Waals surface area contributed by atoms with Crippen LogP contribution in [-0.4, -0.2) is 11.8 Å². The molecule has 0 aliphatic heterocycles. The second kappa shape index (κ2) is 6.81. The molecule has 25 heavy (non-hydrogen) atoms. The Morgan fingerprint density at radius 1 is 0.960 bits per heavy atom. The van der Waals surface area contributed by atoms with Crippen molar-refractivity contribution >= 4 is 22.8 Å². The fourth-order valence-corrected chi connectivity index (χ4v) is 2.65. The van der Waals surface area contributed by atoms with Gasteiger partial charge in [-0.25, -0.2) is 0 Å². The summed E-state index contributed by atoms with van der Waals surface area (Å²) in [6, 6.07) is 11.1. The maximum absolute atomic E-state index is 12.1. The summed E-state index contributed by atoms with van der Waals surface area (Å²) in [5.74, 6) is -0.654. The van der Waals surface area contributed by atoms with Gasteiger partial charge in [0.1, 0.15) is 5.58 Å². The highest BCUT2D eigenvalue weighted by Gasteiger charge is 2.13. The zero-order chi connectivity index (χ0) is 18.0. The van der Waals surface area contributed by atoms with Crippen molar-refractivity contribution in [2.75, 3.05) is 0 Å². The molecule has 2 amide bonds. The molecule has 0 radical (unpaired) electrons. The summed E-state index contributed by atoms with van der Waals surface area (Å²) in [7, 11) is 0. The van der Waals surface area contributed by atoms with E-state index in [2.05, 4.69) is 10.9 Å². The molecule has 0 atom stereocenters. The van der Waals surface area contributed by atoms with Gasteiger partial charge in [0.15, 0.2) is 0 Å². The number of benzene rings is 2. The molecule has 0 aliphatic rings. The van der Waals surface area contributed by atoms with Gasteiger partial charge < -0.3 is 4.42 Å². The summed E-state index contributed by atoms with van der Waals surface area (Å²) in [4.78, 5) is 24.1. The predicted octanol–water partition coefficient (Wildman–Crippen LogP) is 3.36. The first-order valence-electron chi connectivity index (χ1n) is 8.08. The van der Waals surface area contributed by atoms with E-state index in [0.717, 1.165) is 33.2 Å². The highest BCUT2D eigenvalue weighted by atomic mass is 16.3. The van der Waals surface area contributed by atoms with E-state index in [1.54, 1.807) is 18.4 Å². The minimum absolute atomic E-state index is 0.129. The smallest absolute Gasteiger partial charge is 0.269 e. The van der Waals surface area contributed by atoms with Crippen LogP contribution < -0.4 is 10.9 Å². The Kier molecular flexibility index (Phi) is 4.57. The molecule has 1 heterocycles. The molecule has 2 N–H and O–H groups in total. The zero-order valence-electron chi connectivity index (χ0n) is 14.5. The lowest BCUT2D eigenvalue weighted by Gasteiger charge is -2.07. The number of hydrogen-bond acceptors (Lipinski definition) is 3. The number of fused-ring (bicyclic) bond motifs is 1. The van der Waals surface area contributed by atoms with Gasteiger partial charge in [-0.3, -0.25) is 20.4 Å². The topological polar surface area (TPSA) is 71.3 Å². The Morgan fingerprint density at radius 3 is 2.40 bits per heavy atom. The number of hydrazine groups is 1. The van der Waals surface area contributed by atoms with E-state index in [1.165, 1.54) is 0 Å².